The zero-order valence-electron chi connectivity index (χ0n) is 10.3. The van der Waals surface area contributed by atoms with Gasteiger partial charge < -0.3 is 14.8 Å². The molecule has 0 spiro atoms. The number of anilines is 1. The van der Waals surface area contributed by atoms with Crippen molar-refractivity contribution in [2.45, 2.75) is 6.42 Å². The highest BCUT2D eigenvalue weighted by Gasteiger charge is 2.12. The third-order valence-electron chi connectivity index (χ3n) is 2.17. The van der Waals surface area contributed by atoms with E-state index in [9.17, 15) is 10.1 Å². The van der Waals surface area contributed by atoms with Crippen LogP contribution in [0.25, 0.3) is 0 Å². The van der Waals surface area contributed by atoms with Gasteiger partial charge in [-0.25, -0.2) is 4.98 Å². The minimum absolute atomic E-state index is 0.0159. The summed E-state index contributed by atoms with van der Waals surface area (Å²) >= 11 is 0. The molecule has 18 heavy (non-hydrogen) atoms. The lowest BCUT2D eigenvalue weighted by molar-refractivity contribution is -0.384. The van der Waals surface area contributed by atoms with Gasteiger partial charge in [-0.15, -0.1) is 0 Å². The van der Waals surface area contributed by atoms with Crippen molar-refractivity contribution in [1.29, 1.82) is 0 Å². The van der Waals surface area contributed by atoms with Gasteiger partial charge in [0.05, 0.1) is 18.1 Å². The van der Waals surface area contributed by atoms with Crippen molar-refractivity contribution in [3.8, 4) is 0 Å². The van der Waals surface area contributed by atoms with Crippen LogP contribution in [0.5, 0.6) is 0 Å². The van der Waals surface area contributed by atoms with E-state index in [0.717, 1.165) is 6.42 Å². The third kappa shape index (κ3) is 5.07. The quantitative estimate of drug-likeness (QED) is 0.408. The Labute approximate surface area is 105 Å². The molecule has 7 heteroatoms. The topological polar surface area (TPSA) is 86.5 Å². The highest BCUT2D eigenvalue weighted by atomic mass is 16.6. The lowest BCUT2D eigenvalue weighted by Gasteiger charge is -2.06. The number of ether oxygens (including phenoxy) is 2. The van der Waals surface area contributed by atoms with Crippen LogP contribution in [0.2, 0.25) is 0 Å². The lowest BCUT2D eigenvalue weighted by atomic mass is 10.3. The van der Waals surface area contributed by atoms with Crippen molar-refractivity contribution in [2.24, 2.45) is 0 Å². The summed E-state index contributed by atoms with van der Waals surface area (Å²) in [5.41, 5.74) is -0.0159. The first-order valence-electron chi connectivity index (χ1n) is 5.65. The molecule has 0 fully saturated rings. The van der Waals surface area contributed by atoms with Crippen LogP contribution in [0.15, 0.2) is 18.3 Å². The van der Waals surface area contributed by atoms with Crippen molar-refractivity contribution in [1.82, 2.24) is 4.98 Å². The second-order valence-corrected chi connectivity index (χ2v) is 3.51. The van der Waals surface area contributed by atoms with E-state index in [-0.39, 0.29) is 5.69 Å². The summed E-state index contributed by atoms with van der Waals surface area (Å²) in [4.78, 5) is 14.2. The molecule has 1 aromatic heterocycles. The molecule has 0 bridgehead atoms. The Bertz CT molecular complexity index is 373. The molecule has 1 N–H and O–H groups in total. The van der Waals surface area contributed by atoms with Crippen molar-refractivity contribution in [3.05, 3.63) is 28.4 Å². The molecule has 0 atom stereocenters. The summed E-state index contributed by atoms with van der Waals surface area (Å²) in [6.45, 7) is 2.28. The zero-order valence-corrected chi connectivity index (χ0v) is 10.3. The maximum atomic E-state index is 10.7. The largest absolute Gasteiger partial charge is 0.382 e. The molecule has 1 heterocycles. The molecule has 100 valence electrons. The number of hydrogen-bond donors (Lipinski definition) is 1. The van der Waals surface area contributed by atoms with Crippen LogP contribution in [0.4, 0.5) is 11.5 Å². The summed E-state index contributed by atoms with van der Waals surface area (Å²) < 4.78 is 10.1. The third-order valence-corrected chi connectivity index (χ3v) is 2.17. The molecule has 0 saturated heterocycles. The molecule has 0 aliphatic rings. The van der Waals surface area contributed by atoms with Gasteiger partial charge in [0.15, 0.2) is 0 Å². The summed E-state index contributed by atoms with van der Waals surface area (Å²) in [5, 5.41) is 13.6. The van der Waals surface area contributed by atoms with Gasteiger partial charge in [0.25, 0.3) is 0 Å². The Kier molecular flexibility index (Phi) is 6.67. The van der Waals surface area contributed by atoms with Crippen LogP contribution in [0.3, 0.4) is 0 Å². The molecule has 0 radical (unpaired) electrons. The molecular weight excluding hydrogens is 238 g/mol. The highest BCUT2D eigenvalue weighted by molar-refractivity contribution is 5.54. The van der Waals surface area contributed by atoms with E-state index in [1.807, 2.05) is 0 Å². The fourth-order valence-corrected chi connectivity index (χ4v) is 1.31. The first-order chi connectivity index (χ1) is 8.75. The van der Waals surface area contributed by atoms with Gasteiger partial charge >= 0.3 is 5.69 Å². The van der Waals surface area contributed by atoms with Crippen molar-refractivity contribution < 1.29 is 14.4 Å². The molecule has 0 aromatic carbocycles. The van der Waals surface area contributed by atoms with E-state index in [0.29, 0.717) is 32.2 Å². The van der Waals surface area contributed by atoms with Crippen LogP contribution in [-0.4, -0.2) is 43.4 Å². The van der Waals surface area contributed by atoms with Crippen LogP contribution in [0.1, 0.15) is 6.42 Å². The van der Waals surface area contributed by atoms with Crippen molar-refractivity contribution in [3.63, 3.8) is 0 Å². The predicted molar refractivity (Wildman–Crippen MR) is 66.7 cm³/mol. The minimum atomic E-state index is -0.454. The van der Waals surface area contributed by atoms with Crippen LogP contribution in [-0.2, 0) is 9.47 Å². The number of aromatic nitrogens is 1. The molecule has 1 rings (SSSR count). The van der Waals surface area contributed by atoms with Gasteiger partial charge in [-0.3, -0.25) is 10.1 Å². The molecule has 1 aromatic rings. The minimum Gasteiger partial charge on any atom is -0.382 e. The normalized spacial score (nSPS) is 10.3. The zero-order chi connectivity index (χ0) is 13.2. The number of methoxy groups -OCH3 is 1. The number of nitrogens with zero attached hydrogens (tertiary/aromatic N) is 2. The molecule has 0 saturated carbocycles. The molecule has 0 aliphatic carbocycles. The molecule has 0 amide bonds. The molecular formula is C11H17N3O4. The van der Waals surface area contributed by atoms with E-state index in [1.54, 1.807) is 7.11 Å². The van der Waals surface area contributed by atoms with E-state index in [4.69, 9.17) is 9.47 Å². The van der Waals surface area contributed by atoms with Crippen LogP contribution in [0, 0.1) is 10.1 Å². The maximum Gasteiger partial charge on any atom is 0.311 e. The fraction of sp³-hybridized carbons (Fsp3) is 0.545. The summed E-state index contributed by atoms with van der Waals surface area (Å²) in [6.07, 6.45) is 2.27. The number of pyridine rings is 1. The number of nitrogens with one attached hydrogen (secondary N) is 1. The van der Waals surface area contributed by atoms with E-state index in [1.165, 1.54) is 18.3 Å². The van der Waals surface area contributed by atoms with Gasteiger partial charge in [0.1, 0.15) is 0 Å². The Hall–Kier alpha value is -1.73. The number of nitro groups is 1. The number of rotatable bonds is 9. The van der Waals surface area contributed by atoms with Crippen LogP contribution >= 0.6 is 0 Å². The Morgan fingerprint density at radius 1 is 1.44 bits per heavy atom. The standard InChI is InChI=1S/C11H17N3O4/c1-17-8-9-18-7-3-6-13-11-10(14(15)16)4-2-5-12-11/h2,4-5H,3,6-9H2,1H3,(H,12,13). The van der Waals surface area contributed by atoms with Crippen LogP contribution < -0.4 is 5.32 Å². The lowest BCUT2D eigenvalue weighted by Crippen LogP contribution is -2.10. The Morgan fingerprint density at radius 2 is 2.28 bits per heavy atom. The van der Waals surface area contributed by atoms with Gasteiger partial charge in [0.2, 0.25) is 5.82 Å². The summed E-state index contributed by atoms with van der Waals surface area (Å²) in [6, 6.07) is 2.96. The van der Waals surface area contributed by atoms with Crippen molar-refractivity contribution in [2.75, 3.05) is 38.8 Å². The fourth-order valence-electron chi connectivity index (χ4n) is 1.31. The highest BCUT2D eigenvalue weighted by Crippen LogP contribution is 2.19. The van der Waals surface area contributed by atoms with E-state index >= 15 is 0 Å². The molecule has 0 aliphatic heterocycles. The second-order valence-electron chi connectivity index (χ2n) is 3.51. The molecule has 0 unspecified atom stereocenters. The SMILES string of the molecule is COCCOCCCNc1ncccc1[N+](=O)[O-]. The van der Waals surface area contributed by atoms with Gasteiger partial charge in [-0.1, -0.05) is 0 Å². The van der Waals surface area contributed by atoms with E-state index < -0.39 is 4.92 Å². The smallest absolute Gasteiger partial charge is 0.311 e. The average molecular weight is 255 g/mol. The van der Waals surface area contributed by atoms with Gasteiger partial charge in [-0.2, -0.15) is 0 Å². The van der Waals surface area contributed by atoms with Gasteiger partial charge in [-0.05, 0) is 12.5 Å². The summed E-state index contributed by atoms with van der Waals surface area (Å²) in [5.74, 6) is 0.291. The monoisotopic (exact) mass is 255 g/mol. The summed E-state index contributed by atoms with van der Waals surface area (Å²) in [7, 11) is 1.62. The Morgan fingerprint density at radius 3 is 3.00 bits per heavy atom. The second kappa shape index (κ2) is 8.37. The van der Waals surface area contributed by atoms with Gasteiger partial charge in [0, 0.05) is 32.5 Å². The van der Waals surface area contributed by atoms with E-state index in [2.05, 4.69) is 10.3 Å². The maximum absolute atomic E-state index is 10.7. The van der Waals surface area contributed by atoms with Crippen molar-refractivity contribution >= 4 is 11.5 Å². The average Bonchev–Trinajstić information content (AvgIpc) is 2.38. The Balaban J connectivity index is 2.25. The predicted octanol–water partition coefficient (Wildman–Crippen LogP) is 1.45. The first kappa shape index (κ1) is 14.3. The first-order valence-corrected chi connectivity index (χ1v) is 5.65. The molecule has 7 nitrogen and oxygen atoms in total. The number of hydrogen-bond acceptors (Lipinski definition) is 6.